The van der Waals surface area contributed by atoms with Crippen molar-refractivity contribution in [3.8, 4) is 5.75 Å². The van der Waals surface area contributed by atoms with Crippen molar-refractivity contribution in [2.45, 2.75) is 6.92 Å². The maximum Gasteiger partial charge on any atom is 0.198 e. The monoisotopic (exact) mass is 217 g/mol. The summed E-state index contributed by atoms with van der Waals surface area (Å²) in [5.41, 5.74) is 1.04. The molecule has 0 aliphatic carbocycles. The third-order valence-corrected chi connectivity index (χ3v) is 2.31. The highest BCUT2D eigenvalue weighted by Crippen LogP contribution is 2.17. The summed E-state index contributed by atoms with van der Waals surface area (Å²) in [6.45, 7) is 1.75. The Balaban J connectivity index is 2.38. The van der Waals surface area contributed by atoms with E-state index in [9.17, 15) is 4.79 Å². The number of nitrogens with zero attached hydrogens (tertiary/aromatic N) is 1. The summed E-state index contributed by atoms with van der Waals surface area (Å²) in [6, 6.07) is 3.30. The molecule has 0 saturated heterocycles. The van der Waals surface area contributed by atoms with Crippen molar-refractivity contribution in [2.75, 3.05) is 7.11 Å². The number of aryl methyl sites for hydroxylation is 1. The predicted octanol–water partition coefficient (Wildman–Crippen LogP) is 2.22. The van der Waals surface area contributed by atoms with Crippen LogP contribution in [0.3, 0.4) is 0 Å². The van der Waals surface area contributed by atoms with Crippen LogP contribution in [0.15, 0.2) is 35.2 Å². The van der Waals surface area contributed by atoms with Gasteiger partial charge in [-0.05, 0) is 19.1 Å². The minimum atomic E-state index is -0.113. The number of pyridine rings is 1. The van der Waals surface area contributed by atoms with Crippen molar-refractivity contribution in [3.05, 3.63) is 47.7 Å². The molecule has 0 saturated carbocycles. The van der Waals surface area contributed by atoms with Crippen LogP contribution in [-0.4, -0.2) is 17.9 Å². The van der Waals surface area contributed by atoms with Gasteiger partial charge in [-0.25, -0.2) is 0 Å². The lowest BCUT2D eigenvalue weighted by atomic mass is 10.1. The number of hydrogen-bond donors (Lipinski definition) is 0. The fourth-order valence-electron chi connectivity index (χ4n) is 1.43. The zero-order valence-corrected chi connectivity index (χ0v) is 9.06. The van der Waals surface area contributed by atoms with Crippen molar-refractivity contribution in [3.63, 3.8) is 0 Å². The first-order valence-electron chi connectivity index (χ1n) is 4.80. The van der Waals surface area contributed by atoms with Gasteiger partial charge in [0.05, 0.1) is 25.1 Å². The zero-order chi connectivity index (χ0) is 11.5. The van der Waals surface area contributed by atoms with E-state index in [-0.39, 0.29) is 5.78 Å². The Morgan fingerprint density at radius 2 is 2.25 bits per heavy atom. The van der Waals surface area contributed by atoms with Crippen LogP contribution < -0.4 is 4.74 Å². The van der Waals surface area contributed by atoms with Crippen LogP contribution in [0.2, 0.25) is 0 Å². The third kappa shape index (κ3) is 1.82. The minimum Gasteiger partial charge on any atom is -0.495 e. The third-order valence-electron chi connectivity index (χ3n) is 2.31. The van der Waals surface area contributed by atoms with Gasteiger partial charge in [-0.3, -0.25) is 9.78 Å². The summed E-state index contributed by atoms with van der Waals surface area (Å²) < 4.78 is 10.1. The molecule has 0 radical (unpaired) electrons. The topological polar surface area (TPSA) is 52.3 Å². The molecule has 2 aromatic rings. The van der Waals surface area contributed by atoms with E-state index >= 15 is 0 Å². The van der Waals surface area contributed by atoms with Gasteiger partial charge in [-0.15, -0.1) is 0 Å². The second kappa shape index (κ2) is 4.18. The Hall–Kier alpha value is -2.10. The van der Waals surface area contributed by atoms with E-state index in [0.717, 1.165) is 0 Å². The number of ether oxygens (including phenoxy) is 1. The summed E-state index contributed by atoms with van der Waals surface area (Å²) in [4.78, 5) is 16.0. The average molecular weight is 217 g/mol. The molecule has 0 fully saturated rings. The Morgan fingerprint density at radius 1 is 1.44 bits per heavy atom. The van der Waals surface area contributed by atoms with Crippen molar-refractivity contribution >= 4 is 5.78 Å². The fraction of sp³-hybridized carbons (Fsp3) is 0.167. The number of aromatic nitrogens is 1. The molecule has 16 heavy (non-hydrogen) atoms. The van der Waals surface area contributed by atoms with Crippen LogP contribution in [0.4, 0.5) is 0 Å². The van der Waals surface area contributed by atoms with E-state index in [0.29, 0.717) is 22.6 Å². The lowest BCUT2D eigenvalue weighted by Gasteiger charge is -2.02. The van der Waals surface area contributed by atoms with Crippen LogP contribution in [0.1, 0.15) is 21.7 Å². The Kier molecular flexibility index (Phi) is 2.72. The molecule has 82 valence electrons. The van der Waals surface area contributed by atoms with Gasteiger partial charge in [0.1, 0.15) is 11.5 Å². The second-order valence-electron chi connectivity index (χ2n) is 3.33. The first-order valence-corrected chi connectivity index (χ1v) is 4.80. The molecule has 0 N–H and O–H groups in total. The van der Waals surface area contributed by atoms with Crippen LogP contribution in [-0.2, 0) is 0 Å². The molecule has 0 spiro atoms. The highest BCUT2D eigenvalue weighted by molar-refractivity contribution is 6.09. The maximum atomic E-state index is 12.0. The maximum absolute atomic E-state index is 12.0. The molecule has 2 heterocycles. The van der Waals surface area contributed by atoms with Gasteiger partial charge >= 0.3 is 0 Å². The molecule has 0 amide bonds. The fourth-order valence-corrected chi connectivity index (χ4v) is 1.43. The van der Waals surface area contributed by atoms with Gasteiger partial charge in [0.25, 0.3) is 0 Å². The van der Waals surface area contributed by atoms with Crippen LogP contribution in [0, 0.1) is 6.92 Å². The Bertz CT molecular complexity index is 516. The first kappa shape index (κ1) is 10.4. The minimum absolute atomic E-state index is 0.113. The SMILES string of the molecule is COc1cncc(C(=O)c2ccoc2C)c1. The van der Waals surface area contributed by atoms with Crippen molar-refractivity contribution < 1.29 is 13.9 Å². The molecule has 0 aromatic carbocycles. The highest BCUT2D eigenvalue weighted by Gasteiger charge is 2.14. The van der Waals surface area contributed by atoms with Gasteiger partial charge in [-0.2, -0.15) is 0 Å². The standard InChI is InChI=1S/C12H11NO3/c1-8-11(3-4-16-8)12(14)9-5-10(15-2)7-13-6-9/h3-7H,1-2H3. The lowest BCUT2D eigenvalue weighted by molar-refractivity contribution is 0.103. The van der Waals surface area contributed by atoms with E-state index in [1.54, 1.807) is 25.3 Å². The zero-order valence-electron chi connectivity index (χ0n) is 9.06. The van der Waals surface area contributed by atoms with Crippen LogP contribution >= 0.6 is 0 Å². The molecular weight excluding hydrogens is 206 g/mol. The van der Waals surface area contributed by atoms with Gasteiger partial charge in [0, 0.05) is 11.8 Å². The second-order valence-corrected chi connectivity index (χ2v) is 3.33. The Morgan fingerprint density at radius 3 is 2.88 bits per heavy atom. The highest BCUT2D eigenvalue weighted by atomic mass is 16.5. The van der Waals surface area contributed by atoms with E-state index in [1.165, 1.54) is 19.6 Å². The van der Waals surface area contributed by atoms with Gasteiger partial charge < -0.3 is 9.15 Å². The molecule has 0 aliphatic heterocycles. The van der Waals surface area contributed by atoms with E-state index < -0.39 is 0 Å². The van der Waals surface area contributed by atoms with Gasteiger partial charge in [0.15, 0.2) is 5.78 Å². The molecule has 2 aromatic heterocycles. The van der Waals surface area contributed by atoms with E-state index in [4.69, 9.17) is 9.15 Å². The van der Waals surface area contributed by atoms with Crippen molar-refractivity contribution in [1.29, 1.82) is 0 Å². The molecule has 2 rings (SSSR count). The van der Waals surface area contributed by atoms with Gasteiger partial charge in [-0.1, -0.05) is 0 Å². The number of furan rings is 1. The molecular formula is C12H11NO3. The number of carbonyl (C=O) groups excluding carboxylic acids is 1. The smallest absolute Gasteiger partial charge is 0.198 e. The first-order chi connectivity index (χ1) is 7.72. The number of ketones is 1. The molecule has 0 bridgehead atoms. The molecule has 0 aliphatic rings. The summed E-state index contributed by atoms with van der Waals surface area (Å²) in [6.07, 6.45) is 4.56. The van der Waals surface area contributed by atoms with Crippen molar-refractivity contribution in [2.24, 2.45) is 0 Å². The quantitative estimate of drug-likeness (QED) is 0.740. The lowest BCUT2D eigenvalue weighted by Crippen LogP contribution is -2.02. The summed E-state index contributed by atoms with van der Waals surface area (Å²) in [5, 5.41) is 0. The molecule has 4 nitrogen and oxygen atoms in total. The van der Waals surface area contributed by atoms with E-state index in [2.05, 4.69) is 4.98 Å². The summed E-state index contributed by atoms with van der Waals surface area (Å²) >= 11 is 0. The van der Waals surface area contributed by atoms with Crippen LogP contribution in [0.25, 0.3) is 0 Å². The number of carbonyl (C=O) groups is 1. The number of hydrogen-bond acceptors (Lipinski definition) is 4. The molecule has 4 heteroatoms. The summed E-state index contributed by atoms with van der Waals surface area (Å²) in [7, 11) is 1.54. The molecule has 0 unspecified atom stereocenters. The number of methoxy groups -OCH3 is 1. The van der Waals surface area contributed by atoms with Crippen molar-refractivity contribution in [1.82, 2.24) is 4.98 Å². The predicted molar refractivity (Wildman–Crippen MR) is 57.7 cm³/mol. The summed E-state index contributed by atoms with van der Waals surface area (Å²) in [5.74, 6) is 1.05. The normalized spacial score (nSPS) is 10.1. The largest absolute Gasteiger partial charge is 0.495 e. The average Bonchev–Trinajstić information content (AvgIpc) is 2.74. The molecule has 0 atom stereocenters. The van der Waals surface area contributed by atoms with Crippen LogP contribution in [0.5, 0.6) is 5.75 Å². The Labute approximate surface area is 92.9 Å². The van der Waals surface area contributed by atoms with E-state index in [1.807, 2.05) is 0 Å². The van der Waals surface area contributed by atoms with Gasteiger partial charge in [0.2, 0.25) is 0 Å². The number of rotatable bonds is 3.